The van der Waals surface area contributed by atoms with Crippen LogP contribution in [0.4, 0.5) is 10.2 Å². The lowest BCUT2D eigenvalue weighted by Crippen LogP contribution is -2.28. The number of halogens is 1. The molecule has 0 unspecified atom stereocenters. The van der Waals surface area contributed by atoms with Gasteiger partial charge in [0.2, 0.25) is 5.95 Å². The monoisotopic (exact) mass is 337 g/mol. The molecule has 0 aliphatic carbocycles. The van der Waals surface area contributed by atoms with E-state index >= 15 is 0 Å². The summed E-state index contributed by atoms with van der Waals surface area (Å²) in [5.41, 5.74) is 2.84. The molecule has 0 radical (unpaired) electrons. The average molecular weight is 337 g/mol. The van der Waals surface area contributed by atoms with Crippen LogP contribution >= 0.6 is 0 Å². The fourth-order valence-electron chi connectivity index (χ4n) is 2.01. The maximum absolute atomic E-state index is 13.7. The van der Waals surface area contributed by atoms with E-state index in [0.29, 0.717) is 12.2 Å². The van der Waals surface area contributed by atoms with Crippen LogP contribution in [0.3, 0.4) is 0 Å². The number of amides is 1. The van der Waals surface area contributed by atoms with Gasteiger partial charge in [0.1, 0.15) is 0 Å². The summed E-state index contributed by atoms with van der Waals surface area (Å²) in [4.78, 5) is 22.1. The van der Waals surface area contributed by atoms with Crippen LogP contribution in [0.1, 0.15) is 31.1 Å². The molecule has 0 fully saturated rings. The first-order chi connectivity index (χ1) is 11.3. The molecule has 0 aliphatic rings. The highest BCUT2D eigenvalue weighted by molar-refractivity contribution is 5.83. The first-order valence-electron chi connectivity index (χ1n) is 7.09. The summed E-state index contributed by atoms with van der Waals surface area (Å²) in [6.07, 6.45) is 2.43. The van der Waals surface area contributed by atoms with Gasteiger partial charge in [-0.15, -0.1) is 0 Å². The average Bonchev–Trinajstić information content (AvgIpc) is 3.10. The van der Waals surface area contributed by atoms with Crippen LogP contribution < -0.4 is 5.43 Å². The van der Waals surface area contributed by atoms with Crippen molar-refractivity contribution in [1.29, 1.82) is 0 Å². The van der Waals surface area contributed by atoms with Crippen LogP contribution in [0, 0.1) is 23.0 Å². The molecule has 2 heterocycles. The molecule has 1 amide bonds. The molecule has 2 rings (SSSR count). The fourth-order valence-corrected chi connectivity index (χ4v) is 2.01. The highest BCUT2D eigenvalue weighted by atomic mass is 19.1. The standard InChI is InChI=1S/C13H16FN7O3/c1-4-19-12(14)10(7-16-19)6-15-17-13(22)9(3)20-8(2)5-11(18-20)21(23)24/h5-7,9H,4H2,1-3H3,(H,17,22)/b15-6-/t9-/m1/s1. The zero-order valence-electron chi connectivity index (χ0n) is 13.3. The van der Waals surface area contributed by atoms with Crippen molar-refractivity contribution in [2.24, 2.45) is 5.10 Å². The van der Waals surface area contributed by atoms with Crippen LogP contribution in [-0.2, 0) is 11.3 Å². The van der Waals surface area contributed by atoms with E-state index in [0.717, 1.165) is 10.9 Å². The third-order valence-corrected chi connectivity index (χ3v) is 3.32. The molecule has 2 aromatic heterocycles. The Balaban J connectivity index is 2.05. The molecule has 24 heavy (non-hydrogen) atoms. The number of aromatic nitrogens is 4. The van der Waals surface area contributed by atoms with Crippen molar-refractivity contribution in [2.45, 2.75) is 33.4 Å². The van der Waals surface area contributed by atoms with Crippen LogP contribution in [0.15, 0.2) is 17.4 Å². The van der Waals surface area contributed by atoms with Crippen molar-refractivity contribution < 1.29 is 14.1 Å². The van der Waals surface area contributed by atoms with Gasteiger partial charge in [0.05, 0.1) is 34.8 Å². The molecule has 0 bridgehead atoms. The predicted octanol–water partition coefficient (Wildman–Crippen LogP) is 1.17. The number of nitrogens with one attached hydrogen (secondary N) is 1. The molecule has 0 saturated carbocycles. The maximum Gasteiger partial charge on any atom is 0.390 e. The van der Waals surface area contributed by atoms with Crippen molar-refractivity contribution in [2.75, 3.05) is 0 Å². The minimum atomic E-state index is -0.820. The Labute approximate surface area is 136 Å². The van der Waals surface area contributed by atoms with Crippen LogP contribution in [-0.4, -0.2) is 36.6 Å². The molecule has 1 atom stereocenters. The van der Waals surface area contributed by atoms with E-state index in [4.69, 9.17) is 0 Å². The lowest BCUT2D eigenvalue weighted by Gasteiger charge is -2.08. The molecule has 0 saturated heterocycles. The van der Waals surface area contributed by atoms with Gasteiger partial charge in [-0.1, -0.05) is 0 Å². The third kappa shape index (κ3) is 3.45. The molecule has 0 aromatic carbocycles. The van der Waals surface area contributed by atoms with Crippen molar-refractivity contribution in [1.82, 2.24) is 25.0 Å². The molecule has 10 nitrogen and oxygen atoms in total. The van der Waals surface area contributed by atoms with Gasteiger partial charge in [0.15, 0.2) is 6.04 Å². The Morgan fingerprint density at radius 1 is 1.62 bits per heavy atom. The minimum absolute atomic E-state index is 0.135. The van der Waals surface area contributed by atoms with Crippen molar-refractivity contribution in [3.8, 4) is 0 Å². The molecule has 128 valence electrons. The first kappa shape index (κ1) is 17.2. The largest absolute Gasteiger partial charge is 0.390 e. The topological polar surface area (TPSA) is 120 Å². The second-order valence-corrected chi connectivity index (χ2v) is 4.96. The van der Waals surface area contributed by atoms with E-state index < -0.39 is 22.8 Å². The quantitative estimate of drug-likeness (QED) is 0.482. The predicted molar refractivity (Wildman–Crippen MR) is 81.9 cm³/mol. The number of nitrogens with zero attached hydrogens (tertiary/aromatic N) is 6. The Morgan fingerprint density at radius 2 is 2.33 bits per heavy atom. The Kier molecular flexibility index (Phi) is 5.02. The SMILES string of the molecule is CCn1ncc(/C=N\NC(=O)[C@@H](C)n2nc([N+](=O)[O-])cc2C)c1F. The summed E-state index contributed by atoms with van der Waals surface area (Å²) in [5.74, 6) is -1.44. The van der Waals surface area contributed by atoms with E-state index in [1.54, 1.807) is 13.8 Å². The number of nitro groups is 1. The molecule has 0 aliphatic heterocycles. The van der Waals surface area contributed by atoms with E-state index in [-0.39, 0.29) is 11.4 Å². The summed E-state index contributed by atoms with van der Waals surface area (Å²) in [6.45, 7) is 5.23. The van der Waals surface area contributed by atoms with Crippen molar-refractivity contribution >= 4 is 17.9 Å². The Morgan fingerprint density at radius 3 is 2.88 bits per heavy atom. The first-order valence-corrected chi connectivity index (χ1v) is 7.09. The highest BCUT2D eigenvalue weighted by Gasteiger charge is 2.24. The van der Waals surface area contributed by atoms with Gasteiger partial charge < -0.3 is 10.1 Å². The number of rotatable bonds is 6. The second-order valence-electron chi connectivity index (χ2n) is 4.96. The van der Waals surface area contributed by atoms with Gasteiger partial charge in [-0.05, 0) is 25.7 Å². The number of aryl methyl sites for hydroxylation is 2. The zero-order chi connectivity index (χ0) is 17.9. The minimum Gasteiger partial charge on any atom is -0.358 e. The van der Waals surface area contributed by atoms with Crippen molar-refractivity contribution in [3.63, 3.8) is 0 Å². The van der Waals surface area contributed by atoms with Gasteiger partial charge in [-0.2, -0.15) is 19.3 Å². The number of hydrogen-bond acceptors (Lipinski definition) is 6. The van der Waals surface area contributed by atoms with Gasteiger partial charge in [-0.3, -0.25) is 4.79 Å². The van der Waals surface area contributed by atoms with E-state index in [1.165, 1.54) is 23.9 Å². The van der Waals surface area contributed by atoms with E-state index in [1.807, 2.05) is 0 Å². The summed E-state index contributed by atoms with van der Waals surface area (Å²) in [7, 11) is 0. The van der Waals surface area contributed by atoms with Gasteiger partial charge in [0.25, 0.3) is 5.91 Å². The molecule has 11 heteroatoms. The number of carbonyl (C=O) groups is 1. The lowest BCUT2D eigenvalue weighted by molar-refractivity contribution is -0.389. The van der Waals surface area contributed by atoms with Gasteiger partial charge in [-0.25, -0.2) is 10.1 Å². The maximum atomic E-state index is 13.7. The van der Waals surface area contributed by atoms with E-state index in [2.05, 4.69) is 20.7 Å². The summed E-state index contributed by atoms with van der Waals surface area (Å²) in [5, 5.41) is 21.9. The van der Waals surface area contributed by atoms with Gasteiger partial charge in [0, 0.05) is 6.54 Å². The normalized spacial score (nSPS) is 12.5. The Hall–Kier alpha value is -3.11. The zero-order valence-corrected chi connectivity index (χ0v) is 13.3. The van der Waals surface area contributed by atoms with Gasteiger partial charge >= 0.3 is 5.82 Å². The smallest absolute Gasteiger partial charge is 0.358 e. The van der Waals surface area contributed by atoms with Crippen molar-refractivity contribution in [3.05, 3.63) is 39.6 Å². The summed E-state index contributed by atoms with van der Waals surface area (Å²) >= 11 is 0. The number of hydrazone groups is 1. The van der Waals surface area contributed by atoms with Crippen LogP contribution in [0.2, 0.25) is 0 Å². The summed E-state index contributed by atoms with van der Waals surface area (Å²) < 4.78 is 16.1. The molecular formula is C13H16FN7O3. The van der Waals surface area contributed by atoms with Crippen LogP contribution in [0.25, 0.3) is 0 Å². The fraction of sp³-hybridized carbons (Fsp3) is 0.385. The van der Waals surface area contributed by atoms with Crippen LogP contribution in [0.5, 0.6) is 0 Å². The third-order valence-electron chi connectivity index (χ3n) is 3.32. The molecule has 0 spiro atoms. The number of hydrogen-bond donors (Lipinski definition) is 1. The van der Waals surface area contributed by atoms with E-state index in [9.17, 15) is 19.3 Å². The number of carbonyl (C=O) groups excluding carboxylic acids is 1. The highest BCUT2D eigenvalue weighted by Crippen LogP contribution is 2.16. The summed E-state index contributed by atoms with van der Waals surface area (Å²) in [6, 6.07) is 0.445. The molecular weight excluding hydrogens is 321 g/mol. The lowest BCUT2D eigenvalue weighted by atomic mass is 10.3. The molecule has 1 N–H and O–H groups in total. The molecule has 2 aromatic rings. The second kappa shape index (κ2) is 6.98. The Bertz CT molecular complexity index is 796.